The summed E-state index contributed by atoms with van der Waals surface area (Å²) in [6, 6.07) is 9.06. The number of ether oxygens (including phenoxy) is 5. The first-order valence-corrected chi connectivity index (χ1v) is 12.7. The summed E-state index contributed by atoms with van der Waals surface area (Å²) in [7, 11) is 4.27. The molecule has 1 amide bonds. The maximum Gasteiger partial charge on any atom is 0.341 e. The number of esters is 2. The van der Waals surface area contributed by atoms with Crippen LogP contribution in [0.2, 0.25) is 0 Å². The number of carbonyl (C=O) groups is 3. The molecule has 0 saturated heterocycles. The zero-order chi connectivity index (χ0) is 27.1. The molecular formula is C26H26BrNO8S. The van der Waals surface area contributed by atoms with Gasteiger partial charge in [-0.15, -0.1) is 11.3 Å². The molecule has 0 aliphatic carbocycles. The lowest BCUT2D eigenvalue weighted by Gasteiger charge is -2.16. The van der Waals surface area contributed by atoms with Gasteiger partial charge in [-0.25, -0.2) is 9.59 Å². The second kappa shape index (κ2) is 12.6. The Bertz CT molecular complexity index is 1300. The SMILES string of the molecule is CCOC(=O)c1c(-c2ccc(C)cc2)csc1NC(=O)COC(=O)c1cc(OC)c(OC)c(OC)c1Br. The van der Waals surface area contributed by atoms with E-state index >= 15 is 0 Å². The van der Waals surface area contributed by atoms with E-state index < -0.39 is 24.5 Å². The Morgan fingerprint density at radius 3 is 2.22 bits per heavy atom. The molecule has 0 fully saturated rings. The number of aryl methyl sites for hydroxylation is 1. The zero-order valence-electron chi connectivity index (χ0n) is 20.9. The number of hydrogen-bond donors (Lipinski definition) is 1. The highest BCUT2D eigenvalue weighted by atomic mass is 79.9. The van der Waals surface area contributed by atoms with Crippen molar-refractivity contribution in [1.29, 1.82) is 0 Å². The number of methoxy groups -OCH3 is 3. The van der Waals surface area contributed by atoms with Crippen LogP contribution < -0.4 is 19.5 Å². The predicted octanol–water partition coefficient (Wildman–Crippen LogP) is 5.48. The van der Waals surface area contributed by atoms with Crippen molar-refractivity contribution in [3.63, 3.8) is 0 Å². The van der Waals surface area contributed by atoms with Crippen molar-refractivity contribution in [3.05, 3.63) is 56.9 Å². The molecule has 1 aromatic heterocycles. The number of anilines is 1. The Labute approximate surface area is 226 Å². The second-order valence-corrected chi connectivity index (χ2v) is 9.24. The Morgan fingerprint density at radius 1 is 0.946 bits per heavy atom. The average Bonchev–Trinajstić information content (AvgIpc) is 3.30. The van der Waals surface area contributed by atoms with Crippen LogP contribution in [-0.2, 0) is 14.3 Å². The van der Waals surface area contributed by atoms with Crippen molar-refractivity contribution in [1.82, 2.24) is 0 Å². The molecule has 196 valence electrons. The van der Waals surface area contributed by atoms with Crippen LogP contribution in [0.1, 0.15) is 33.2 Å². The van der Waals surface area contributed by atoms with Crippen LogP contribution in [0.4, 0.5) is 5.00 Å². The van der Waals surface area contributed by atoms with Gasteiger partial charge < -0.3 is 29.0 Å². The molecule has 0 aliphatic rings. The third-order valence-electron chi connectivity index (χ3n) is 5.21. The summed E-state index contributed by atoms with van der Waals surface area (Å²) in [6.45, 7) is 3.25. The van der Waals surface area contributed by atoms with Crippen LogP contribution in [0.3, 0.4) is 0 Å². The summed E-state index contributed by atoms with van der Waals surface area (Å²) in [6.07, 6.45) is 0. The first-order chi connectivity index (χ1) is 17.7. The normalized spacial score (nSPS) is 10.4. The molecular weight excluding hydrogens is 566 g/mol. The molecule has 2 aromatic carbocycles. The molecule has 3 aromatic rings. The van der Waals surface area contributed by atoms with E-state index in [0.717, 1.165) is 11.1 Å². The molecule has 3 rings (SSSR count). The largest absolute Gasteiger partial charge is 0.493 e. The van der Waals surface area contributed by atoms with Crippen molar-refractivity contribution in [3.8, 4) is 28.4 Å². The van der Waals surface area contributed by atoms with Crippen LogP contribution in [0.15, 0.2) is 40.2 Å². The van der Waals surface area contributed by atoms with Gasteiger partial charge in [0.1, 0.15) is 10.6 Å². The number of thiophene rings is 1. The quantitative estimate of drug-likeness (QED) is 0.308. The Hall–Kier alpha value is -3.57. The molecule has 37 heavy (non-hydrogen) atoms. The lowest BCUT2D eigenvalue weighted by molar-refractivity contribution is -0.119. The van der Waals surface area contributed by atoms with Crippen LogP contribution in [-0.4, -0.2) is 52.4 Å². The topological polar surface area (TPSA) is 109 Å². The van der Waals surface area contributed by atoms with Crippen LogP contribution in [0.5, 0.6) is 17.2 Å². The third-order valence-corrected chi connectivity index (χ3v) is 6.89. The van der Waals surface area contributed by atoms with Gasteiger partial charge in [-0.2, -0.15) is 0 Å². The van der Waals surface area contributed by atoms with Crippen molar-refractivity contribution < 1.29 is 38.1 Å². The average molecular weight is 592 g/mol. The van der Waals surface area contributed by atoms with E-state index in [0.29, 0.717) is 16.3 Å². The smallest absolute Gasteiger partial charge is 0.341 e. The lowest BCUT2D eigenvalue weighted by atomic mass is 10.0. The summed E-state index contributed by atoms with van der Waals surface area (Å²) in [4.78, 5) is 38.2. The Kier molecular flexibility index (Phi) is 9.54. The van der Waals surface area contributed by atoms with Gasteiger partial charge in [-0.3, -0.25) is 4.79 Å². The second-order valence-electron chi connectivity index (χ2n) is 7.57. The maximum absolute atomic E-state index is 12.8. The van der Waals surface area contributed by atoms with Gasteiger partial charge in [0, 0.05) is 10.9 Å². The van der Waals surface area contributed by atoms with Crippen LogP contribution in [0, 0.1) is 6.92 Å². The van der Waals surface area contributed by atoms with E-state index in [1.165, 1.54) is 38.7 Å². The van der Waals surface area contributed by atoms with E-state index in [2.05, 4.69) is 21.2 Å². The summed E-state index contributed by atoms with van der Waals surface area (Å²) < 4.78 is 26.6. The van der Waals surface area contributed by atoms with Crippen LogP contribution >= 0.6 is 27.3 Å². The number of halogens is 1. The maximum atomic E-state index is 12.8. The highest BCUT2D eigenvalue weighted by molar-refractivity contribution is 9.10. The van der Waals surface area contributed by atoms with Gasteiger partial charge >= 0.3 is 11.9 Å². The molecule has 0 spiro atoms. The lowest BCUT2D eigenvalue weighted by Crippen LogP contribution is -2.22. The molecule has 1 heterocycles. The fraction of sp³-hybridized carbons (Fsp3) is 0.269. The van der Waals surface area contributed by atoms with Crippen LogP contribution in [0.25, 0.3) is 11.1 Å². The van der Waals surface area contributed by atoms with E-state index in [9.17, 15) is 14.4 Å². The minimum Gasteiger partial charge on any atom is -0.493 e. The first kappa shape index (κ1) is 28.0. The van der Waals surface area contributed by atoms with Gasteiger partial charge in [-0.1, -0.05) is 29.8 Å². The summed E-state index contributed by atoms with van der Waals surface area (Å²) >= 11 is 4.49. The van der Waals surface area contributed by atoms with Crippen molar-refractivity contribution in [2.45, 2.75) is 13.8 Å². The Balaban J connectivity index is 1.80. The molecule has 0 saturated carbocycles. The van der Waals surface area contributed by atoms with E-state index in [4.69, 9.17) is 23.7 Å². The number of rotatable bonds is 10. The molecule has 0 aliphatic heterocycles. The van der Waals surface area contributed by atoms with Gasteiger partial charge in [0.25, 0.3) is 5.91 Å². The fourth-order valence-electron chi connectivity index (χ4n) is 3.44. The summed E-state index contributed by atoms with van der Waals surface area (Å²) in [5.41, 5.74) is 2.84. The van der Waals surface area contributed by atoms with E-state index in [1.807, 2.05) is 31.2 Å². The van der Waals surface area contributed by atoms with Crippen molar-refractivity contribution in [2.75, 3.05) is 39.9 Å². The highest BCUT2D eigenvalue weighted by Gasteiger charge is 2.26. The van der Waals surface area contributed by atoms with Crippen molar-refractivity contribution >= 4 is 50.1 Å². The zero-order valence-corrected chi connectivity index (χ0v) is 23.3. The fourth-order valence-corrected chi connectivity index (χ4v) is 5.03. The molecule has 0 radical (unpaired) electrons. The predicted molar refractivity (Wildman–Crippen MR) is 143 cm³/mol. The number of amides is 1. The standard InChI is InChI=1S/C26H26BrNO8S/c1-6-35-26(31)20-17(15-9-7-14(2)8-10-15)13-37-24(20)28-19(29)12-36-25(30)16-11-18(32-3)22(33-4)23(34-5)21(16)27/h7-11,13H,6,12H2,1-5H3,(H,28,29). The summed E-state index contributed by atoms with van der Waals surface area (Å²) in [5, 5.41) is 4.72. The van der Waals surface area contributed by atoms with E-state index in [-0.39, 0.29) is 33.7 Å². The van der Waals surface area contributed by atoms with Crippen molar-refractivity contribution in [2.24, 2.45) is 0 Å². The molecule has 9 nitrogen and oxygen atoms in total. The van der Waals surface area contributed by atoms with E-state index in [1.54, 1.807) is 12.3 Å². The molecule has 0 bridgehead atoms. The summed E-state index contributed by atoms with van der Waals surface area (Å²) in [5.74, 6) is -1.20. The third kappa shape index (κ3) is 6.23. The number of carbonyl (C=O) groups excluding carboxylic acids is 3. The number of benzene rings is 2. The van der Waals surface area contributed by atoms with Gasteiger partial charge in [0.15, 0.2) is 18.1 Å². The molecule has 0 unspecified atom stereocenters. The van der Waals surface area contributed by atoms with Gasteiger partial charge in [-0.05, 0) is 41.4 Å². The Morgan fingerprint density at radius 2 is 1.62 bits per heavy atom. The van der Waals surface area contributed by atoms with Gasteiger partial charge in [0.05, 0.1) is 38.0 Å². The first-order valence-electron chi connectivity index (χ1n) is 11.1. The molecule has 0 atom stereocenters. The molecule has 11 heteroatoms. The minimum absolute atomic E-state index is 0.0762. The molecule has 1 N–H and O–H groups in total. The minimum atomic E-state index is -0.793. The number of hydrogen-bond acceptors (Lipinski definition) is 9. The number of nitrogens with one attached hydrogen (secondary N) is 1. The van der Waals surface area contributed by atoms with Gasteiger partial charge in [0.2, 0.25) is 5.75 Å². The highest BCUT2D eigenvalue weighted by Crippen LogP contribution is 2.45. The monoisotopic (exact) mass is 591 g/mol.